The summed E-state index contributed by atoms with van der Waals surface area (Å²) in [6, 6.07) is 10.0. The number of hydrogen-bond donors (Lipinski definition) is 0. The number of benzene rings is 2. The maximum absolute atomic E-state index is 12.6. The van der Waals surface area contributed by atoms with Gasteiger partial charge in [-0.25, -0.2) is 9.10 Å². The fourth-order valence-electron chi connectivity index (χ4n) is 2.91. The smallest absolute Gasteiger partial charge is 0.426 e. The zero-order valence-corrected chi connectivity index (χ0v) is 18.7. The molecule has 1 heterocycles. The largest absolute Gasteiger partial charge is 0.483 e. The minimum Gasteiger partial charge on any atom is -0.483 e. The summed E-state index contributed by atoms with van der Waals surface area (Å²) in [5.74, 6) is 0.545. The van der Waals surface area contributed by atoms with Crippen LogP contribution in [0, 0.1) is 0 Å². The first kappa shape index (κ1) is 21.6. The molecule has 1 aliphatic rings. The standard InChI is InChI=1S/C20H20Cl2N2O4S/c1-20(2)11-12-6-5-7-16(17(12)28-20)27-19(26)24(4)29-23(3)18(25)14-9-8-13(21)10-15(14)22/h5-10H,11H2,1-4H3. The molecule has 0 saturated heterocycles. The van der Waals surface area contributed by atoms with Crippen LogP contribution in [0.4, 0.5) is 4.79 Å². The van der Waals surface area contributed by atoms with Crippen molar-refractivity contribution < 1.29 is 19.1 Å². The Labute approximate surface area is 183 Å². The first-order valence-corrected chi connectivity index (χ1v) is 10.2. The Hall–Kier alpha value is -2.09. The van der Waals surface area contributed by atoms with Crippen LogP contribution in [-0.4, -0.2) is 40.3 Å². The molecule has 2 amide bonds. The highest BCUT2D eigenvalue weighted by atomic mass is 35.5. The highest BCUT2D eigenvalue weighted by Gasteiger charge is 2.33. The second-order valence-electron chi connectivity index (χ2n) is 7.16. The van der Waals surface area contributed by atoms with E-state index in [9.17, 15) is 9.59 Å². The molecule has 3 rings (SSSR count). The van der Waals surface area contributed by atoms with E-state index in [1.165, 1.54) is 34.8 Å². The lowest BCUT2D eigenvalue weighted by Crippen LogP contribution is -2.31. The molecule has 0 bridgehead atoms. The third-order valence-corrected chi connectivity index (χ3v) is 5.55. The van der Waals surface area contributed by atoms with Gasteiger partial charge in [-0.15, -0.1) is 0 Å². The van der Waals surface area contributed by atoms with Crippen LogP contribution < -0.4 is 9.47 Å². The number of halogens is 2. The third kappa shape index (κ3) is 4.91. The van der Waals surface area contributed by atoms with E-state index in [0.29, 0.717) is 16.5 Å². The van der Waals surface area contributed by atoms with E-state index in [1.807, 2.05) is 26.0 Å². The van der Waals surface area contributed by atoms with Crippen molar-refractivity contribution in [1.82, 2.24) is 8.61 Å². The predicted octanol–water partition coefficient (Wildman–Crippen LogP) is 5.47. The molecule has 2 aromatic carbocycles. The van der Waals surface area contributed by atoms with E-state index < -0.39 is 6.09 Å². The highest BCUT2D eigenvalue weighted by molar-refractivity contribution is 7.95. The number of para-hydroxylation sites is 1. The molecule has 0 saturated carbocycles. The first-order valence-electron chi connectivity index (χ1n) is 8.75. The Morgan fingerprint density at radius 2 is 1.86 bits per heavy atom. The molecular weight excluding hydrogens is 435 g/mol. The zero-order valence-electron chi connectivity index (χ0n) is 16.4. The molecule has 0 radical (unpaired) electrons. The van der Waals surface area contributed by atoms with E-state index in [2.05, 4.69) is 0 Å². The monoisotopic (exact) mass is 454 g/mol. The fraction of sp³-hybridized carbons (Fsp3) is 0.300. The van der Waals surface area contributed by atoms with E-state index in [0.717, 1.165) is 24.1 Å². The number of fused-ring (bicyclic) bond motifs is 1. The Balaban J connectivity index is 1.66. The van der Waals surface area contributed by atoms with Crippen LogP contribution in [0.5, 0.6) is 11.5 Å². The second-order valence-corrected chi connectivity index (χ2v) is 9.26. The van der Waals surface area contributed by atoms with Crippen LogP contribution in [0.3, 0.4) is 0 Å². The number of nitrogens with zero attached hydrogens (tertiary/aromatic N) is 2. The van der Waals surface area contributed by atoms with E-state index in [4.69, 9.17) is 32.7 Å². The molecule has 154 valence electrons. The van der Waals surface area contributed by atoms with Gasteiger partial charge < -0.3 is 9.47 Å². The molecule has 0 spiro atoms. The average Bonchev–Trinajstić information content (AvgIpc) is 2.96. The Bertz CT molecular complexity index is 967. The number of hydrogen-bond acceptors (Lipinski definition) is 5. The van der Waals surface area contributed by atoms with Crippen LogP contribution >= 0.6 is 35.3 Å². The number of ether oxygens (including phenoxy) is 2. The van der Waals surface area contributed by atoms with Crippen molar-refractivity contribution in [2.24, 2.45) is 0 Å². The van der Waals surface area contributed by atoms with Crippen molar-refractivity contribution in [1.29, 1.82) is 0 Å². The summed E-state index contributed by atoms with van der Waals surface area (Å²) in [6.07, 6.45) is 0.0933. The molecule has 0 atom stereocenters. The maximum Gasteiger partial charge on any atom is 0.426 e. The van der Waals surface area contributed by atoms with Crippen LogP contribution in [0.15, 0.2) is 36.4 Å². The SMILES string of the molecule is CN(SN(C)C(=O)c1ccc(Cl)cc1Cl)C(=O)Oc1cccc2c1OC(C)(C)C2. The normalized spacial score (nSPS) is 14.0. The van der Waals surface area contributed by atoms with E-state index in [-0.39, 0.29) is 22.1 Å². The molecular formula is C20H20Cl2N2O4S. The molecule has 29 heavy (non-hydrogen) atoms. The van der Waals surface area contributed by atoms with Crippen molar-refractivity contribution >= 4 is 47.3 Å². The van der Waals surface area contributed by atoms with Gasteiger partial charge in [-0.05, 0) is 38.1 Å². The Morgan fingerprint density at radius 1 is 1.14 bits per heavy atom. The van der Waals surface area contributed by atoms with Gasteiger partial charge in [0.15, 0.2) is 11.5 Å². The van der Waals surface area contributed by atoms with Gasteiger partial charge in [-0.2, -0.15) is 0 Å². The van der Waals surface area contributed by atoms with Crippen LogP contribution in [-0.2, 0) is 6.42 Å². The molecule has 0 N–H and O–H groups in total. The lowest BCUT2D eigenvalue weighted by atomic mass is 10.0. The highest BCUT2D eigenvalue weighted by Crippen LogP contribution is 2.42. The van der Waals surface area contributed by atoms with Gasteiger partial charge >= 0.3 is 6.09 Å². The van der Waals surface area contributed by atoms with Gasteiger partial charge in [0.1, 0.15) is 5.60 Å². The maximum atomic E-state index is 12.6. The van der Waals surface area contributed by atoms with Gasteiger partial charge in [-0.3, -0.25) is 9.10 Å². The Morgan fingerprint density at radius 3 is 2.55 bits per heavy atom. The van der Waals surface area contributed by atoms with Crippen molar-refractivity contribution in [2.45, 2.75) is 25.9 Å². The number of amides is 2. The summed E-state index contributed by atoms with van der Waals surface area (Å²) in [4.78, 5) is 25.1. The van der Waals surface area contributed by atoms with Crippen LogP contribution in [0.1, 0.15) is 29.8 Å². The minimum atomic E-state index is -0.640. The van der Waals surface area contributed by atoms with E-state index >= 15 is 0 Å². The van der Waals surface area contributed by atoms with Gasteiger partial charge in [0.05, 0.1) is 22.7 Å². The number of carbonyl (C=O) groups is 2. The fourth-order valence-corrected chi connectivity index (χ4v) is 4.05. The lowest BCUT2D eigenvalue weighted by Gasteiger charge is -2.23. The number of carbonyl (C=O) groups excluding carboxylic acids is 2. The molecule has 1 aliphatic heterocycles. The Kier molecular flexibility index (Phi) is 6.22. The van der Waals surface area contributed by atoms with Crippen molar-refractivity contribution in [3.05, 3.63) is 57.6 Å². The van der Waals surface area contributed by atoms with Gasteiger partial charge in [-0.1, -0.05) is 35.3 Å². The first-order chi connectivity index (χ1) is 13.6. The van der Waals surface area contributed by atoms with Crippen LogP contribution in [0.25, 0.3) is 0 Å². The summed E-state index contributed by atoms with van der Waals surface area (Å²) in [5, 5.41) is 0.670. The molecule has 2 aromatic rings. The molecule has 0 aliphatic carbocycles. The molecule has 9 heteroatoms. The topological polar surface area (TPSA) is 59.1 Å². The van der Waals surface area contributed by atoms with Crippen molar-refractivity contribution in [3.8, 4) is 11.5 Å². The second kappa shape index (κ2) is 8.34. The summed E-state index contributed by atoms with van der Waals surface area (Å²) in [5.41, 5.74) is 0.917. The predicted molar refractivity (Wildman–Crippen MR) is 115 cm³/mol. The van der Waals surface area contributed by atoms with Crippen LogP contribution in [0.2, 0.25) is 10.0 Å². The molecule has 6 nitrogen and oxygen atoms in total. The van der Waals surface area contributed by atoms with E-state index in [1.54, 1.807) is 12.1 Å². The molecule has 0 aromatic heterocycles. The average molecular weight is 455 g/mol. The van der Waals surface area contributed by atoms with Crippen molar-refractivity contribution in [3.63, 3.8) is 0 Å². The number of rotatable bonds is 4. The van der Waals surface area contributed by atoms with Gasteiger partial charge in [0.2, 0.25) is 0 Å². The summed E-state index contributed by atoms with van der Waals surface area (Å²) >= 11 is 12.8. The molecule has 0 fully saturated rings. The summed E-state index contributed by atoms with van der Waals surface area (Å²) in [7, 11) is 3.04. The lowest BCUT2D eigenvalue weighted by molar-refractivity contribution is 0.0889. The van der Waals surface area contributed by atoms with Crippen molar-refractivity contribution in [2.75, 3.05) is 14.1 Å². The minimum absolute atomic E-state index is 0.236. The molecule has 0 unspecified atom stereocenters. The summed E-state index contributed by atoms with van der Waals surface area (Å²) < 4.78 is 13.9. The van der Waals surface area contributed by atoms with Gasteiger partial charge in [0, 0.05) is 31.1 Å². The quantitative estimate of drug-likeness (QED) is 0.572. The third-order valence-electron chi connectivity index (χ3n) is 4.20. The zero-order chi connectivity index (χ0) is 21.3. The van der Waals surface area contributed by atoms with Gasteiger partial charge in [0.25, 0.3) is 5.91 Å². The summed E-state index contributed by atoms with van der Waals surface area (Å²) in [6.45, 7) is 3.95.